The lowest BCUT2D eigenvalue weighted by Crippen LogP contribution is -2.38. The van der Waals surface area contributed by atoms with Crippen molar-refractivity contribution in [2.75, 3.05) is 11.9 Å². The molecule has 1 fully saturated rings. The molecule has 1 N–H and O–H groups in total. The molecule has 128 valence electrons. The summed E-state index contributed by atoms with van der Waals surface area (Å²) in [6.45, 7) is 0.641. The van der Waals surface area contributed by atoms with E-state index in [0.29, 0.717) is 12.2 Å². The largest absolute Gasteiger partial charge is 0.322 e. The summed E-state index contributed by atoms with van der Waals surface area (Å²) in [5.41, 5.74) is 1.49. The first kappa shape index (κ1) is 16.9. The van der Waals surface area contributed by atoms with Gasteiger partial charge in [-0.3, -0.25) is 4.98 Å². The van der Waals surface area contributed by atoms with Gasteiger partial charge in [0.15, 0.2) is 0 Å². The monoisotopic (exact) mass is 338 g/mol. The van der Waals surface area contributed by atoms with Crippen molar-refractivity contribution in [3.63, 3.8) is 0 Å². The first-order chi connectivity index (χ1) is 12.2. The molecule has 2 amide bonds. The van der Waals surface area contributed by atoms with Gasteiger partial charge in [0, 0.05) is 18.9 Å². The van der Waals surface area contributed by atoms with E-state index in [0.717, 1.165) is 37.3 Å². The minimum absolute atomic E-state index is 0.0310. The lowest BCUT2D eigenvalue weighted by molar-refractivity contribution is 0.189. The Morgan fingerprint density at radius 1 is 1.24 bits per heavy atom. The van der Waals surface area contributed by atoms with E-state index in [2.05, 4.69) is 10.3 Å². The van der Waals surface area contributed by atoms with Gasteiger partial charge in [-0.25, -0.2) is 9.18 Å². The number of benzene rings is 1. The molecular weight excluding hydrogens is 319 g/mol. The van der Waals surface area contributed by atoms with Crippen LogP contribution >= 0.6 is 0 Å². The van der Waals surface area contributed by atoms with Crippen LogP contribution in [0.1, 0.15) is 42.9 Å². The third-order valence-corrected chi connectivity index (χ3v) is 4.45. The molecule has 6 heteroatoms. The second-order valence-corrected chi connectivity index (χ2v) is 6.07. The summed E-state index contributed by atoms with van der Waals surface area (Å²) in [4.78, 5) is 18.7. The van der Waals surface area contributed by atoms with Crippen molar-refractivity contribution in [1.82, 2.24) is 9.88 Å². The van der Waals surface area contributed by atoms with Crippen LogP contribution in [0.3, 0.4) is 0 Å². The highest BCUT2D eigenvalue weighted by molar-refractivity contribution is 5.91. The molecule has 25 heavy (non-hydrogen) atoms. The molecule has 1 aromatic carbocycles. The zero-order chi connectivity index (χ0) is 17.6. The van der Waals surface area contributed by atoms with E-state index in [1.165, 1.54) is 12.1 Å². The summed E-state index contributed by atoms with van der Waals surface area (Å²) in [6.07, 6.45) is 7.39. The zero-order valence-corrected chi connectivity index (χ0v) is 13.8. The van der Waals surface area contributed by atoms with E-state index >= 15 is 0 Å². The number of nitrogens with zero attached hydrogens (tertiary/aromatic N) is 3. The molecule has 2 aromatic rings. The lowest BCUT2D eigenvalue weighted by atomic mass is 10.0. The molecule has 0 bridgehead atoms. The predicted molar refractivity (Wildman–Crippen MR) is 92.3 cm³/mol. The number of urea groups is 1. The molecule has 1 aliphatic rings. The van der Waals surface area contributed by atoms with Crippen LogP contribution in [0.15, 0.2) is 42.7 Å². The maximum atomic E-state index is 13.3. The molecule has 1 atom stereocenters. The molecule has 1 unspecified atom stereocenters. The van der Waals surface area contributed by atoms with Crippen LogP contribution in [0.25, 0.3) is 0 Å². The molecule has 0 saturated carbocycles. The average molecular weight is 338 g/mol. The number of rotatable bonds is 2. The minimum Gasteiger partial charge on any atom is -0.317 e. The summed E-state index contributed by atoms with van der Waals surface area (Å²) in [6, 6.07) is 9.25. The van der Waals surface area contributed by atoms with Crippen LogP contribution in [-0.4, -0.2) is 22.5 Å². The maximum absolute atomic E-state index is 13.3. The van der Waals surface area contributed by atoms with Gasteiger partial charge >= 0.3 is 6.03 Å². The van der Waals surface area contributed by atoms with Crippen molar-refractivity contribution in [3.05, 3.63) is 59.7 Å². The molecule has 1 aliphatic heterocycles. The molecule has 1 aromatic heterocycles. The summed E-state index contributed by atoms with van der Waals surface area (Å²) < 4.78 is 13.3. The Bertz CT molecular complexity index is 788. The SMILES string of the molecule is N#Cc1cc(F)ccc1NC(=O)N1CCCCCC1c1ccncc1. The molecule has 0 aliphatic carbocycles. The van der Waals surface area contributed by atoms with Crippen molar-refractivity contribution in [3.8, 4) is 6.07 Å². The van der Waals surface area contributed by atoms with Gasteiger partial charge in [-0.05, 0) is 48.7 Å². The number of halogens is 1. The van der Waals surface area contributed by atoms with Crippen molar-refractivity contribution in [2.24, 2.45) is 0 Å². The first-order valence-electron chi connectivity index (χ1n) is 8.36. The second kappa shape index (κ2) is 7.75. The van der Waals surface area contributed by atoms with E-state index in [1.807, 2.05) is 18.2 Å². The Morgan fingerprint density at radius 2 is 2.04 bits per heavy atom. The number of pyridine rings is 1. The number of likely N-dealkylation sites (tertiary alicyclic amines) is 1. The number of hydrogen-bond acceptors (Lipinski definition) is 3. The Morgan fingerprint density at radius 3 is 2.80 bits per heavy atom. The topological polar surface area (TPSA) is 69.0 Å². The molecule has 5 nitrogen and oxygen atoms in total. The van der Waals surface area contributed by atoms with Gasteiger partial charge < -0.3 is 10.2 Å². The fraction of sp³-hybridized carbons (Fsp3) is 0.316. The van der Waals surface area contributed by atoms with Crippen molar-refractivity contribution >= 4 is 11.7 Å². The van der Waals surface area contributed by atoms with Crippen molar-refractivity contribution in [1.29, 1.82) is 5.26 Å². The molecular formula is C19H19FN4O. The quantitative estimate of drug-likeness (QED) is 0.890. The standard InChI is InChI=1S/C19H19FN4O/c20-16-5-6-17(15(12-16)13-21)23-19(25)24-11-3-1-2-4-18(24)14-7-9-22-10-8-14/h5-10,12,18H,1-4,11H2,(H,23,25). The Labute approximate surface area is 146 Å². The number of carbonyl (C=O) groups is 1. The molecule has 0 radical (unpaired) electrons. The fourth-order valence-electron chi connectivity index (χ4n) is 3.19. The highest BCUT2D eigenvalue weighted by atomic mass is 19.1. The van der Waals surface area contributed by atoms with Gasteiger partial charge in [0.1, 0.15) is 11.9 Å². The third kappa shape index (κ3) is 3.94. The Kier molecular flexibility index (Phi) is 5.24. The number of amides is 2. The Balaban J connectivity index is 1.84. The summed E-state index contributed by atoms with van der Waals surface area (Å²) in [7, 11) is 0. The van der Waals surface area contributed by atoms with E-state index in [-0.39, 0.29) is 17.6 Å². The van der Waals surface area contributed by atoms with Gasteiger partial charge in [0.25, 0.3) is 0 Å². The minimum atomic E-state index is -0.501. The van der Waals surface area contributed by atoms with E-state index < -0.39 is 5.82 Å². The molecule has 1 saturated heterocycles. The van der Waals surface area contributed by atoms with Crippen LogP contribution in [0.4, 0.5) is 14.9 Å². The van der Waals surface area contributed by atoms with Gasteiger partial charge in [-0.2, -0.15) is 5.26 Å². The van der Waals surface area contributed by atoms with Crippen LogP contribution in [-0.2, 0) is 0 Å². The normalized spacial score (nSPS) is 17.4. The van der Waals surface area contributed by atoms with Gasteiger partial charge in [0.2, 0.25) is 0 Å². The van der Waals surface area contributed by atoms with Crippen LogP contribution in [0.5, 0.6) is 0 Å². The number of nitriles is 1. The van der Waals surface area contributed by atoms with Crippen LogP contribution in [0.2, 0.25) is 0 Å². The molecule has 0 spiro atoms. The van der Waals surface area contributed by atoms with Crippen LogP contribution in [0, 0.1) is 17.1 Å². The van der Waals surface area contributed by atoms with Gasteiger partial charge in [0.05, 0.1) is 17.3 Å². The number of anilines is 1. The fourth-order valence-corrected chi connectivity index (χ4v) is 3.19. The Hall–Kier alpha value is -2.94. The highest BCUT2D eigenvalue weighted by Gasteiger charge is 2.27. The number of carbonyl (C=O) groups excluding carboxylic acids is 1. The second-order valence-electron chi connectivity index (χ2n) is 6.07. The maximum Gasteiger partial charge on any atom is 0.322 e. The number of nitrogens with one attached hydrogen (secondary N) is 1. The molecule has 3 rings (SSSR count). The van der Waals surface area contributed by atoms with Gasteiger partial charge in [-0.1, -0.05) is 12.8 Å². The predicted octanol–water partition coefficient (Wildman–Crippen LogP) is 4.24. The highest BCUT2D eigenvalue weighted by Crippen LogP contribution is 2.30. The smallest absolute Gasteiger partial charge is 0.317 e. The summed E-state index contributed by atoms with van der Waals surface area (Å²) >= 11 is 0. The number of hydrogen-bond donors (Lipinski definition) is 1. The number of aromatic nitrogens is 1. The van der Waals surface area contributed by atoms with Gasteiger partial charge in [-0.15, -0.1) is 0 Å². The molecule has 2 heterocycles. The van der Waals surface area contributed by atoms with E-state index in [4.69, 9.17) is 5.26 Å². The van der Waals surface area contributed by atoms with E-state index in [9.17, 15) is 9.18 Å². The zero-order valence-electron chi connectivity index (χ0n) is 13.8. The first-order valence-corrected chi connectivity index (χ1v) is 8.36. The summed E-state index contributed by atoms with van der Waals surface area (Å²) in [5, 5.41) is 11.9. The lowest BCUT2D eigenvalue weighted by Gasteiger charge is -2.30. The van der Waals surface area contributed by atoms with Crippen LogP contribution < -0.4 is 5.32 Å². The van der Waals surface area contributed by atoms with E-state index in [1.54, 1.807) is 17.3 Å². The van der Waals surface area contributed by atoms with Crippen molar-refractivity contribution in [2.45, 2.75) is 31.7 Å². The average Bonchev–Trinajstić information content (AvgIpc) is 2.90. The third-order valence-electron chi connectivity index (χ3n) is 4.45. The summed E-state index contributed by atoms with van der Waals surface area (Å²) in [5.74, 6) is -0.501. The van der Waals surface area contributed by atoms with Crippen molar-refractivity contribution < 1.29 is 9.18 Å².